The Morgan fingerprint density at radius 2 is 1.97 bits per heavy atom. The first-order valence-electron chi connectivity index (χ1n) is 9.28. The van der Waals surface area contributed by atoms with Gasteiger partial charge in [0.25, 0.3) is 0 Å². The van der Waals surface area contributed by atoms with Crippen molar-refractivity contribution in [2.45, 2.75) is 31.8 Å². The average molecular weight is 415 g/mol. The molecule has 0 radical (unpaired) electrons. The highest BCUT2D eigenvalue weighted by Crippen LogP contribution is 2.20. The third-order valence-corrected chi connectivity index (χ3v) is 5.29. The molecule has 3 rings (SSSR count). The number of carbonyl (C=O) groups is 1. The maximum absolute atomic E-state index is 13.9. The van der Waals surface area contributed by atoms with Crippen LogP contribution in [0.1, 0.15) is 35.1 Å². The van der Waals surface area contributed by atoms with Crippen LogP contribution < -0.4 is 15.8 Å². The van der Waals surface area contributed by atoms with Crippen LogP contribution in [0.5, 0.6) is 5.75 Å². The van der Waals surface area contributed by atoms with E-state index in [0.29, 0.717) is 34.3 Å². The lowest BCUT2D eigenvalue weighted by Crippen LogP contribution is -2.45. The lowest BCUT2D eigenvalue weighted by molar-refractivity contribution is 0.0958. The number of nitrogens with zero attached hydrogens (tertiary/aromatic N) is 2. The zero-order valence-corrected chi connectivity index (χ0v) is 17.1. The van der Waals surface area contributed by atoms with E-state index in [4.69, 9.17) is 10.5 Å². The summed E-state index contributed by atoms with van der Waals surface area (Å²) in [5.41, 5.74) is 7.26. The number of ether oxygens (including phenoxy) is 1. The molecule has 0 aliphatic carbocycles. The molecule has 0 bridgehead atoms. The number of hydrogen-bond acceptors (Lipinski definition) is 7. The summed E-state index contributed by atoms with van der Waals surface area (Å²) in [6.45, 7) is 1.92. The van der Waals surface area contributed by atoms with Crippen LogP contribution in [-0.2, 0) is 6.42 Å². The van der Waals surface area contributed by atoms with Gasteiger partial charge in [0.15, 0.2) is 5.78 Å². The van der Waals surface area contributed by atoms with Gasteiger partial charge in [0.2, 0.25) is 5.13 Å². The van der Waals surface area contributed by atoms with Gasteiger partial charge in [-0.3, -0.25) is 4.79 Å². The molecule has 0 aliphatic heterocycles. The summed E-state index contributed by atoms with van der Waals surface area (Å²) in [6, 6.07) is 12.4. The third-order valence-electron chi connectivity index (χ3n) is 4.61. The molecule has 0 saturated carbocycles. The minimum absolute atomic E-state index is 0.132. The monoisotopic (exact) mass is 414 g/mol. The summed E-state index contributed by atoms with van der Waals surface area (Å²) in [4.78, 5) is 17.4. The van der Waals surface area contributed by atoms with Gasteiger partial charge in [-0.05, 0) is 42.3 Å². The molecule has 29 heavy (non-hydrogen) atoms. The number of benzene rings is 2. The van der Waals surface area contributed by atoms with E-state index in [-0.39, 0.29) is 18.0 Å². The van der Waals surface area contributed by atoms with Crippen molar-refractivity contribution in [2.75, 3.05) is 12.4 Å². The van der Waals surface area contributed by atoms with Crippen LogP contribution in [0.2, 0.25) is 0 Å². The van der Waals surface area contributed by atoms with Crippen molar-refractivity contribution in [2.24, 2.45) is 5.73 Å². The van der Waals surface area contributed by atoms with Crippen molar-refractivity contribution in [3.8, 4) is 5.75 Å². The molecule has 2 atom stereocenters. The number of rotatable bonds is 9. The predicted molar refractivity (Wildman–Crippen MR) is 112 cm³/mol. The van der Waals surface area contributed by atoms with E-state index in [0.717, 1.165) is 11.5 Å². The van der Waals surface area contributed by atoms with Crippen LogP contribution in [0.25, 0.3) is 0 Å². The van der Waals surface area contributed by atoms with Crippen LogP contribution in [-0.4, -0.2) is 34.3 Å². The molecule has 1 heterocycles. The Morgan fingerprint density at radius 3 is 2.62 bits per heavy atom. The van der Waals surface area contributed by atoms with Gasteiger partial charge in [0, 0.05) is 29.6 Å². The standard InChI is InChI=1S/C21H23FN4O2S/c1-3-17(23)19(20(27)13-8-10-15(28-2)11-9-13)25-21-24-18(26-29-21)12-14-6-4-5-7-16(14)22/h4-11,17,19H,3,12,23H2,1-2H3,(H,24,25,26). The van der Waals surface area contributed by atoms with E-state index >= 15 is 0 Å². The Bertz CT molecular complexity index is 961. The van der Waals surface area contributed by atoms with Gasteiger partial charge in [0.1, 0.15) is 23.4 Å². The largest absolute Gasteiger partial charge is 0.497 e. The fourth-order valence-corrected chi connectivity index (χ4v) is 3.49. The highest BCUT2D eigenvalue weighted by molar-refractivity contribution is 7.09. The van der Waals surface area contributed by atoms with Gasteiger partial charge in [0.05, 0.1) is 7.11 Å². The number of halogens is 1. The molecule has 2 unspecified atom stereocenters. The van der Waals surface area contributed by atoms with Gasteiger partial charge >= 0.3 is 0 Å². The number of ketones is 1. The Kier molecular flexibility index (Phi) is 6.90. The number of hydrogen-bond donors (Lipinski definition) is 2. The number of methoxy groups -OCH3 is 1. The smallest absolute Gasteiger partial charge is 0.203 e. The fraction of sp³-hybridized carbons (Fsp3) is 0.286. The van der Waals surface area contributed by atoms with Crippen LogP contribution in [0.3, 0.4) is 0 Å². The molecular weight excluding hydrogens is 391 g/mol. The molecule has 0 amide bonds. The Hall–Kier alpha value is -2.84. The van der Waals surface area contributed by atoms with Crippen molar-refractivity contribution in [1.29, 1.82) is 0 Å². The van der Waals surface area contributed by atoms with E-state index in [1.807, 2.05) is 6.92 Å². The molecule has 0 aliphatic rings. The first kappa shape index (κ1) is 20.9. The van der Waals surface area contributed by atoms with Crippen LogP contribution >= 0.6 is 11.5 Å². The van der Waals surface area contributed by atoms with Crippen molar-refractivity contribution >= 4 is 22.4 Å². The predicted octanol–water partition coefficient (Wildman–Crippen LogP) is 3.68. The maximum Gasteiger partial charge on any atom is 0.203 e. The second kappa shape index (κ2) is 9.58. The Morgan fingerprint density at radius 1 is 1.24 bits per heavy atom. The zero-order chi connectivity index (χ0) is 20.8. The molecule has 6 nitrogen and oxygen atoms in total. The molecule has 2 aromatic carbocycles. The number of carbonyl (C=O) groups excluding carboxylic acids is 1. The summed E-state index contributed by atoms with van der Waals surface area (Å²) >= 11 is 1.13. The summed E-state index contributed by atoms with van der Waals surface area (Å²) in [5.74, 6) is 0.737. The van der Waals surface area contributed by atoms with Gasteiger partial charge < -0.3 is 15.8 Å². The van der Waals surface area contributed by atoms with Crippen LogP contribution in [0.4, 0.5) is 9.52 Å². The highest BCUT2D eigenvalue weighted by Gasteiger charge is 2.27. The molecule has 3 aromatic rings. The number of anilines is 1. The Balaban J connectivity index is 1.76. The molecule has 3 N–H and O–H groups in total. The molecule has 0 spiro atoms. The van der Waals surface area contributed by atoms with E-state index < -0.39 is 12.1 Å². The van der Waals surface area contributed by atoms with Crippen molar-refractivity contribution in [3.63, 3.8) is 0 Å². The van der Waals surface area contributed by atoms with E-state index in [9.17, 15) is 9.18 Å². The third kappa shape index (κ3) is 5.16. The summed E-state index contributed by atoms with van der Waals surface area (Å²) in [5, 5.41) is 3.60. The SMILES string of the molecule is CCC(N)C(Nc1nc(Cc2ccccc2F)ns1)C(=O)c1ccc(OC)cc1. The molecule has 1 aromatic heterocycles. The van der Waals surface area contributed by atoms with Gasteiger partial charge in [-0.1, -0.05) is 25.1 Å². The second-order valence-corrected chi connectivity index (χ2v) is 7.32. The molecule has 8 heteroatoms. The lowest BCUT2D eigenvalue weighted by Gasteiger charge is -2.22. The first-order chi connectivity index (χ1) is 14.0. The average Bonchev–Trinajstić information content (AvgIpc) is 3.19. The summed E-state index contributed by atoms with van der Waals surface area (Å²) < 4.78 is 23.3. The van der Waals surface area contributed by atoms with E-state index in [2.05, 4.69) is 14.7 Å². The highest BCUT2D eigenvalue weighted by atomic mass is 32.1. The van der Waals surface area contributed by atoms with Crippen LogP contribution in [0.15, 0.2) is 48.5 Å². The fourth-order valence-electron chi connectivity index (χ4n) is 2.87. The first-order valence-corrected chi connectivity index (χ1v) is 10.1. The molecular formula is C21H23FN4O2S. The van der Waals surface area contributed by atoms with Crippen molar-refractivity contribution in [1.82, 2.24) is 9.36 Å². The normalized spacial score (nSPS) is 13.0. The van der Waals surface area contributed by atoms with Gasteiger partial charge in [-0.15, -0.1) is 0 Å². The van der Waals surface area contributed by atoms with Crippen molar-refractivity contribution < 1.29 is 13.9 Å². The van der Waals surface area contributed by atoms with E-state index in [1.165, 1.54) is 6.07 Å². The molecule has 0 fully saturated rings. The van der Waals surface area contributed by atoms with Crippen LogP contribution in [0, 0.1) is 5.82 Å². The lowest BCUT2D eigenvalue weighted by atomic mass is 9.97. The molecule has 152 valence electrons. The second-order valence-electron chi connectivity index (χ2n) is 6.57. The Labute approximate surface area is 173 Å². The van der Waals surface area contributed by atoms with Gasteiger partial charge in [-0.25, -0.2) is 9.37 Å². The minimum Gasteiger partial charge on any atom is -0.497 e. The number of nitrogens with one attached hydrogen (secondary N) is 1. The number of Topliss-reactive ketones (excluding diaryl/α,β-unsaturated/α-hetero) is 1. The molecule has 0 saturated heterocycles. The maximum atomic E-state index is 13.9. The quantitative estimate of drug-likeness (QED) is 0.519. The summed E-state index contributed by atoms with van der Waals surface area (Å²) in [7, 11) is 1.57. The number of aromatic nitrogens is 2. The van der Waals surface area contributed by atoms with Gasteiger partial charge in [-0.2, -0.15) is 4.37 Å². The van der Waals surface area contributed by atoms with Crippen molar-refractivity contribution in [3.05, 3.63) is 71.3 Å². The topological polar surface area (TPSA) is 90.1 Å². The number of nitrogens with two attached hydrogens (primary N) is 1. The zero-order valence-electron chi connectivity index (χ0n) is 16.3. The van der Waals surface area contributed by atoms with E-state index in [1.54, 1.807) is 49.6 Å². The minimum atomic E-state index is -0.650. The summed E-state index contributed by atoms with van der Waals surface area (Å²) in [6.07, 6.45) is 0.891.